The number of amides is 1. The molecule has 2 N–H and O–H groups in total. The van der Waals surface area contributed by atoms with Crippen molar-refractivity contribution < 1.29 is 24.2 Å². The second kappa shape index (κ2) is 10.7. The Morgan fingerprint density at radius 1 is 0.824 bits per heavy atom. The first-order valence-electron chi connectivity index (χ1n) is 11.4. The molecule has 7 heteroatoms. The van der Waals surface area contributed by atoms with E-state index in [1.54, 1.807) is 0 Å². The molecule has 0 saturated heterocycles. The summed E-state index contributed by atoms with van der Waals surface area (Å²) in [5.41, 5.74) is 2.51. The predicted octanol–water partition coefficient (Wildman–Crippen LogP) is 5.47. The molecule has 34 heavy (non-hydrogen) atoms. The lowest BCUT2D eigenvalue weighted by molar-refractivity contribution is -0.137. The Bertz CT molecular complexity index is 1290. The summed E-state index contributed by atoms with van der Waals surface area (Å²) in [5, 5.41) is 14.1. The normalized spacial score (nSPS) is 11.0. The van der Waals surface area contributed by atoms with Gasteiger partial charge in [0.25, 0.3) is 0 Å². The number of aliphatic carboxylic acids is 1. The van der Waals surface area contributed by atoms with Crippen molar-refractivity contribution in [1.82, 2.24) is 4.57 Å². The van der Waals surface area contributed by atoms with Gasteiger partial charge in [-0.25, -0.2) is 0 Å². The molecule has 0 saturated carbocycles. The number of carbonyl (C=O) groups excluding carboxylic acids is 1. The van der Waals surface area contributed by atoms with Gasteiger partial charge in [-0.2, -0.15) is 0 Å². The summed E-state index contributed by atoms with van der Waals surface area (Å²) in [5.74, 6) is 0.534. The van der Waals surface area contributed by atoms with Crippen LogP contribution >= 0.6 is 0 Å². The summed E-state index contributed by atoms with van der Waals surface area (Å²) in [7, 11) is 0. The Labute approximate surface area is 197 Å². The molecule has 1 aromatic heterocycles. The first-order valence-corrected chi connectivity index (χ1v) is 11.4. The van der Waals surface area contributed by atoms with E-state index in [4.69, 9.17) is 9.47 Å². The van der Waals surface area contributed by atoms with Crippen LogP contribution in [0.5, 0.6) is 11.5 Å². The standard InChI is InChI=1S/C27H28N2O5/c1-19(30)28-20-9-11-21(12-10-20)33-15-5-2-6-16-34-22-13-14-24-23-7-3-4-8-25(23)29(18-27(31)32)26(24)17-22/h3-4,7-14,17H,2,5-6,15-16,18H2,1H3,(H,28,30)(H,31,32). The topological polar surface area (TPSA) is 89.8 Å². The number of carboxylic acids is 1. The third-order valence-electron chi connectivity index (χ3n) is 5.54. The molecule has 7 nitrogen and oxygen atoms in total. The lowest BCUT2D eigenvalue weighted by atomic mass is 10.1. The van der Waals surface area contributed by atoms with Crippen LogP contribution in [0.15, 0.2) is 66.7 Å². The molecule has 0 bridgehead atoms. The number of anilines is 1. The van der Waals surface area contributed by atoms with Crippen molar-refractivity contribution in [2.75, 3.05) is 18.5 Å². The van der Waals surface area contributed by atoms with Crippen molar-refractivity contribution >= 4 is 39.4 Å². The van der Waals surface area contributed by atoms with E-state index in [0.717, 1.165) is 58.3 Å². The van der Waals surface area contributed by atoms with E-state index in [-0.39, 0.29) is 12.5 Å². The number of para-hydroxylation sites is 1. The van der Waals surface area contributed by atoms with Gasteiger partial charge in [0, 0.05) is 35.0 Å². The summed E-state index contributed by atoms with van der Waals surface area (Å²) in [6.45, 7) is 2.58. The maximum Gasteiger partial charge on any atom is 0.323 e. The zero-order valence-corrected chi connectivity index (χ0v) is 19.1. The predicted molar refractivity (Wildman–Crippen MR) is 133 cm³/mol. The number of nitrogens with zero attached hydrogens (tertiary/aromatic N) is 1. The molecule has 1 amide bonds. The lowest BCUT2D eigenvalue weighted by Gasteiger charge is -2.09. The number of fused-ring (bicyclic) bond motifs is 3. The number of rotatable bonds is 11. The molecule has 3 aromatic carbocycles. The van der Waals surface area contributed by atoms with Crippen LogP contribution in [0, 0.1) is 0 Å². The zero-order chi connectivity index (χ0) is 23.9. The number of carboxylic acid groups (broad SMARTS) is 1. The first-order chi connectivity index (χ1) is 16.5. The Balaban J connectivity index is 1.26. The number of aromatic nitrogens is 1. The summed E-state index contributed by atoms with van der Waals surface area (Å²) in [6.07, 6.45) is 2.76. The van der Waals surface area contributed by atoms with Gasteiger partial charge in [0.05, 0.1) is 18.7 Å². The Morgan fingerprint density at radius 3 is 2.18 bits per heavy atom. The van der Waals surface area contributed by atoms with Crippen LogP contribution < -0.4 is 14.8 Å². The molecule has 1 heterocycles. The average molecular weight is 461 g/mol. The van der Waals surface area contributed by atoms with Crippen molar-refractivity contribution in [1.29, 1.82) is 0 Å². The number of carbonyl (C=O) groups is 2. The van der Waals surface area contributed by atoms with Crippen molar-refractivity contribution in [3.8, 4) is 11.5 Å². The van der Waals surface area contributed by atoms with Crippen LogP contribution in [-0.2, 0) is 16.1 Å². The zero-order valence-electron chi connectivity index (χ0n) is 19.1. The molecule has 176 valence electrons. The highest BCUT2D eigenvalue weighted by atomic mass is 16.5. The number of benzene rings is 3. The number of nitrogens with one attached hydrogen (secondary N) is 1. The van der Waals surface area contributed by atoms with Gasteiger partial charge < -0.3 is 24.5 Å². The molecule has 0 fully saturated rings. The Kier molecular flexibility index (Phi) is 7.32. The maximum atomic E-state index is 11.4. The van der Waals surface area contributed by atoms with Gasteiger partial charge in [-0.15, -0.1) is 0 Å². The Hall–Kier alpha value is -4.00. The van der Waals surface area contributed by atoms with Gasteiger partial charge in [0.1, 0.15) is 18.0 Å². The van der Waals surface area contributed by atoms with Crippen LogP contribution in [0.3, 0.4) is 0 Å². The van der Waals surface area contributed by atoms with Gasteiger partial charge >= 0.3 is 5.97 Å². The smallest absolute Gasteiger partial charge is 0.323 e. The van der Waals surface area contributed by atoms with Crippen LogP contribution in [0.2, 0.25) is 0 Å². The molecular formula is C27H28N2O5. The summed E-state index contributed by atoms with van der Waals surface area (Å²) < 4.78 is 13.5. The number of hydrogen-bond donors (Lipinski definition) is 2. The van der Waals surface area contributed by atoms with Crippen molar-refractivity contribution in [3.63, 3.8) is 0 Å². The van der Waals surface area contributed by atoms with Gasteiger partial charge in [0.15, 0.2) is 0 Å². The molecule has 0 radical (unpaired) electrons. The van der Waals surface area contributed by atoms with Crippen LogP contribution in [0.1, 0.15) is 26.2 Å². The van der Waals surface area contributed by atoms with Gasteiger partial charge in [-0.05, 0) is 61.7 Å². The number of ether oxygens (including phenoxy) is 2. The third kappa shape index (κ3) is 5.67. The second-order valence-electron chi connectivity index (χ2n) is 8.14. The number of hydrogen-bond acceptors (Lipinski definition) is 4. The largest absolute Gasteiger partial charge is 0.494 e. The molecule has 0 atom stereocenters. The van der Waals surface area contributed by atoms with Crippen LogP contribution in [-0.4, -0.2) is 34.8 Å². The molecule has 0 aliphatic heterocycles. The molecule has 4 aromatic rings. The lowest BCUT2D eigenvalue weighted by Crippen LogP contribution is -2.08. The minimum Gasteiger partial charge on any atom is -0.494 e. The van der Waals surface area contributed by atoms with E-state index in [1.165, 1.54) is 6.92 Å². The molecule has 4 rings (SSSR count). The molecule has 0 spiro atoms. The average Bonchev–Trinajstić information content (AvgIpc) is 3.12. The van der Waals surface area contributed by atoms with Crippen molar-refractivity contribution in [3.05, 3.63) is 66.7 Å². The van der Waals surface area contributed by atoms with Crippen molar-refractivity contribution in [2.24, 2.45) is 0 Å². The van der Waals surface area contributed by atoms with E-state index in [2.05, 4.69) is 5.32 Å². The number of unbranched alkanes of at least 4 members (excludes halogenated alkanes) is 2. The van der Waals surface area contributed by atoms with Gasteiger partial charge in [-0.3, -0.25) is 9.59 Å². The minimum absolute atomic E-state index is 0.0938. The monoisotopic (exact) mass is 460 g/mol. The fourth-order valence-electron chi connectivity index (χ4n) is 4.02. The fraction of sp³-hybridized carbons (Fsp3) is 0.259. The third-order valence-corrected chi connectivity index (χ3v) is 5.54. The fourth-order valence-corrected chi connectivity index (χ4v) is 4.02. The van der Waals surface area contributed by atoms with Crippen LogP contribution in [0.4, 0.5) is 5.69 Å². The molecule has 0 aliphatic carbocycles. The van der Waals surface area contributed by atoms with Gasteiger partial charge in [-0.1, -0.05) is 18.2 Å². The highest BCUT2D eigenvalue weighted by Crippen LogP contribution is 2.31. The SMILES string of the molecule is CC(=O)Nc1ccc(OCCCCCOc2ccc3c4ccccc4n(CC(=O)O)c3c2)cc1. The molecule has 0 aliphatic rings. The van der Waals surface area contributed by atoms with Crippen LogP contribution in [0.25, 0.3) is 21.8 Å². The van der Waals surface area contributed by atoms with E-state index >= 15 is 0 Å². The molecular weight excluding hydrogens is 432 g/mol. The maximum absolute atomic E-state index is 11.4. The van der Waals surface area contributed by atoms with E-state index in [1.807, 2.05) is 71.3 Å². The summed E-state index contributed by atoms with van der Waals surface area (Å²) >= 11 is 0. The quantitative estimate of drug-likeness (QED) is 0.290. The minimum atomic E-state index is -0.875. The highest BCUT2D eigenvalue weighted by Gasteiger charge is 2.13. The second-order valence-corrected chi connectivity index (χ2v) is 8.14. The van der Waals surface area contributed by atoms with E-state index < -0.39 is 5.97 Å². The van der Waals surface area contributed by atoms with Gasteiger partial charge in [0.2, 0.25) is 5.91 Å². The highest BCUT2D eigenvalue weighted by molar-refractivity contribution is 6.08. The van der Waals surface area contributed by atoms with E-state index in [0.29, 0.717) is 13.2 Å². The van der Waals surface area contributed by atoms with E-state index in [9.17, 15) is 14.7 Å². The van der Waals surface area contributed by atoms with Crippen molar-refractivity contribution in [2.45, 2.75) is 32.7 Å². The summed E-state index contributed by atoms with van der Waals surface area (Å²) in [4.78, 5) is 22.5. The Morgan fingerprint density at radius 2 is 1.47 bits per heavy atom. The first kappa shape index (κ1) is 23.2. The molecule has 0 unspecified atom stereocenters. The summed E-state index contributed by atoms with van der Waals surface area (Å²) in [6, 6.07) is 21.0.